The summed E-state index contributed by atoms with van der Waals surface area (Å²) in [6.07, 6.45) is 7.12. The predicted octanol–water partition coefficient (Wildman–Crippen LogP) is 3.35. The van der Waals surface area contributed by atoms with Crippen molar-refractivity contribution in [1.29, 1.82) is 0 Å². The minimum atomic E-state index is -0.349. The van der Waals surface area contributed by atoms with Crippen LogP contribution in [0.4, 0.5) is 4.39 Å². The molecule has 8 nitrogen and oxygen atoms in total. The maximum absolute atomic E-state index is 13.6. The van der Waals surface area contributed by atoms with E-state index in [0.717, 1.165) is 22.2 Å². The average molecular weight is 414 g/mol. The molecule has 0 amide bonds. The Kier molecular flexibility index (Phi) is 4.72. The smallest absolute Gasteiger partial charge is 0.144 e. The van der Waals surface area contributed by atoms with E-state index in [1.165, 1.54) is 6.07 Å². The molecular formula is C22H19FN8. The summed E-state index contributed by atoms with van der Waals surface area (Å²) in [6.45, 7) is 2.81. The molecule has 0 saturated carbocycles. The van der Waals surface area contributed by atoms with Crippen molar-refractivity contribution in [2.45, 2.75) is 13.5 Å². The highest BCUT2D eigenvalue weighted by atomic mass is 19.1. The number of pyridine rings is 3. The Labute approximate surface area is 177 Å². The monoisotopic (exact) mass is 414 g/mol. The number of nitrogens with two attached hydrogens (primary N) is 1. The third kappa shape index (κ3) is 3.55. The third-order valence-electron chi connectivity index (χ3n) is 5.02. The minimum Gasteiger partial charge on any atom is -0.343 e. The Bertz CT molecular complexity index is 1390. The Morgan fingerprint density at radius 2 is 1.87 bits per heavy atom. The zero-order chi connectivity index (χ0) is 21.4. The molecule has 0 atom stereocenters. The van der Waals surface area contributed by atoms with Gasteiger partial charge in [-0.1, -0.05) is 0 Å². The molecular weight excluding hydrogens is 395 g/mol. The Hall–Kier alpha value is -3.98. The molecule has 0 radical (unpaired) electrons. The average Bonchev–Trinajstić information content (AvgIpc) is 3.45. The summed E-state index contributed by atoms with van der Waals surface area (Å²) in [5.74, 6) is -0.349. The number of rotatable bonds is 5. The van der Waals surface area contributed by atoms with Gasteiger partial charge in [0.25, 0.3) is 0 Å². The molecule has 0 spiro atoms. The zero-order valence-electron chi connectivity index (χ0n) is 16.7. The second kappa shape index (κ2) is 7.69. The highest BCUT2D eigenvalue weighted by molar-refractivity contribution is 5.84. The van der Waals surface area contributed by atoms with E-state index in [0.29, 0.717) is 41.6 Å². The molecule has 3 N–H and O–H groups in total. The molecule has 0 aliphatic heterocycles. The van der Waals surface area contributed by atoms with Gasteiger partial charge in [0.1, 0.15) is 11.5 Å². The maximum atomic E-state index is 13.6. The number of hydrogen-bond donors (Lipinski definition) is 2. The van der Waals surface area contributed by atoms with Crippen LogP contribution in [0.5, 0.6) is 0 Å². The van der Waals surface area contributed by atoms with Crippen LogP contribution in [0.15, 0.2) is 55.2 Å². The van der Waals surface area contributed by atoms with Crippen molar-refractivity contribution < 1.29 is 4.39 Å². The molecule has 0 unspecified atom stereocenters. The molecule has 0 saturated heterocycles. The molecule has 0 fully saturated rings. The van der Waals surface area contributed by atoms with Crippen molar-refractivity contribution in [3.63, 3.8) is 0 Å². The van der Waals surface area contributed by atoms with Gasteiger partial charge in [0.05, 0.1) is 52.9 Å². The van der Waals surface area contributed by atoms with Crippen molar-refractivity contribution >= 4 is 11.0 Å². The van der Waals surface area contributed by atoms with E-state index in [9.17, 15) is 4.39 Å². The number of fused-ring (bicyclic) bond motifs is 1. The van der Waals surface area contributed by atoms with Gasteiger partial charge in [-0.15, -0.1) is 0 Å². The first-order valence-electron chi connectivity index (χ1n) is 9.79. The fourth-order valence-corrected chi connectivity index (χ4v) is 3.43. The fraction of sp³-hybridized carbons (Fsp3) is 0.136. The van der Waals surface area contributed by atoms with Crippen molar-refractivity contribution in [3.8, 4) is 33.9 Å². The number of aromatic nitrogens is 7. The normalized spacial score (nSPS) is 11.3. The Balaban J connectivity index is 1.55. The number of nitrogens with one attached hydrogen (secondary N) is 1. The highest BCUT2D eigenvalue weighted by Gasteiger charge is 2.15. The van der Waals surface area contributed by atoms with Crippen LogP contribution in [-0.2, 0) is 6.54 Å². The van der Waals surface area contributed by atoms with Crippen LogP contribution in [0.1, 0.15) is 5.69 Å². The summed E-state index contributed by atoms with van der Waals surface area (Å²) < 4.78 is 15.4. The molecule has 31 heavy (non-hydrogen) atoms. The van der Waals surface area contributed by atoms with Gasteiger partial charge in [-0.2, -0.15) is 5.10 Å². The maximum Gasteiger partial charge on any atom is 0.144 e. The lowest BCUT2D eigenvalue weighted by Crippen LogP contribution is -2.09. The van der Waals surface area contributed by atoms with E-state index >= 15 is 0 Å². The summed E-state index contributed by atoms with van der Waals surface area (Å²) in [5, 5.41) is 4.32. The molecule has 0 aromatic carbocycles. The number of nitrogens with zero attached hydrogens (tertiary/aromatic N) is 6. The van der Waals surface area contributed by atoms with Gasteiger partial charge >= 0.3 is 0 Å². The summed E-state index contributed by atoms with van der Waals surface area (Å²) in [6, 6.07) is 8.77. The van der Waals surface area contributed by atoms with Gasteiger partial charge < -0.3 is 10.7 Å². The Morgan fingerprint density at radius 3 is 2.71 bits per heavy atom. The number of hydrogen-bond acceptors (Lipinski definition) is 6. The molecule has 5 rings (SSSR count). The quantitative estimate of drug-likeness (QED) is 0.456. The zero-order valence-corrected chi connectivity index (χ0v) is 16.7. The number of imidazole rings is 1. The number of halogens is 1. The SMILES string of the molecule is Cc1nc(-c2nc[nH]c2-c2ccc3ncc(-c4cnn(CCN)c4)cc3n2)ccc1F. The second-order valence-corrected chi connectivity index (χ2v) is 7.13. The first-order chi connectivity index (χ1) is 15.1. The van der Waals surface area contributed by atoms with Crippen molar-refractivity contribution in [2.75, 3.05) is 6.54 Å². The van der Waals surface area contributed by atoms with Gasteiger partial charge in [0.15, 0.2) is 0 Å². The van der Waals surface area contributed by atoms with E-state index in [-0.39, 0.29) is 5.82 Å². The fourth-order valence-electron chi connectivity index (χ4n) is 3.43. The molecule has 0 bridgehead atoms. The molecule has 5 heterocycles. The predicted molar refractivity (Wildman–Crippen MR) is 115 cm³/mol. The standard InChI is InChI=1S/C22H19FN8/c1-13-16(23)2-3-18(29-13)21-22(27-12-26-21)19-5-4-17-20(30-19)8-14(9-25-17)15-10-28-31(11-15)7-6-24/h2-5,8-12H,6-7,24H2,1H3,(H,26,27). The molecule has 5 aromatic rings. The summed E-state index contributed by atoms with van der Waals surface area (Å²) in [5.41, 5.74) is 11.9. The van der Waals surface area contributed by atoms with Crippen LogP contribution in [-0.4, -0.2) is 41.2 Å². The third-order valence-corrected chi connectivity index (χ3v) is 5.02. The first-order valence-corrected chi connectivity index (χ1v) is 9.79. The van der Waals surface area contributed by atoms with E-state index in [1.807, 2.05) is 24.4 Å². The summed E-state index contributed by atoms with van der Waals surface area (Å²) in [4.78, 5) is 21.2. The molecule has 5 aromatic heterocycles. The van der Waals surface area contributed by atoms with Crippen molar-refractivity contribution in [3.05, 3.63) is 66.8 Å². The lowest BCUT2D eigenvalue weighted by atomic mass is 10.1. The van der Waals surface area contributed by atoms with Crippen LogP contribution in [0.25, 0.3) is 44.9 Å². The van der Waals surface area contributed by atoms with Gasteiger partial charge in [-0.25, -0.2) is 19.3 Å². The molecule has 0 aliphatic rings. The Morgan fingerprint density at radius 1 is 1.00 bits per heavy atom. The lowest BCUT2D eigenvalue weighted by Gasteiger charge is -2.06. The second-order valence-electron chi connectivity index (χ2n) is 7.13. The minimum absolute atomic E-state index is 0.321. The van der Waals surface area contributed by atoms with Crippen LogP contribution >= 0.6 is 0 Å². The lowest BCUT2D eigenvalue weighted by molar-refractivity contribution is 0.610. The van der Waals surface area contributed by atoms with Crippen LogP contribution < -0.4 is 5.73 Å². The highest BCUT2D eigenvalue weighted by Crippen LogP contribution is 2.29. The van der Waals surface area contributed by atoms with E-state index in [2.05, 4.69) is 25.0 Å². The van der Waals surface area contributed by atoms with Gasteiger partial charge in [0.2, 0.25) is 0 Å². The van der Waals surface area contributed by atoms with Crippen LogP contribution in [0.3, 0.4) is 0 Å². The largest absolute Gasteiger partial charge is 0.343 e. The van der Waals surface area contributed by atoms with E-state index in [4.69, 9.17) is 10.7 Å². The number of aromatic amines is 1. The van der Waals surface area contributed by atoms with Crippen LogP contribution in [0, 0.1) is 12.7 Å². The van der Waals surface area contributed by atoms with Crippen LogP contribution in [0.2, 0.25) is 0 Å². The van der Waals surface area contributed by atoms with Gasteiger partial charge in [-0.05, 0) is 37.3 Å². The topological polar surface area (TPSA) is 111 Å². The number of H-pyrrole nitrogens is 1. The van der Waals surface area contributed by atoms with E-state index in [1.54, 1.807) is 36.4 Å². The summed E-state index contributed by atoms with van der Waals surface area (Å²) in [7, 11) is 0. The summed E-state index contributed by atoms with van der Waals surface area (Å²) >= 11 is 0. The van der Waals surface area contributed by atoms with Crippen molar-refractivity contribution in [2.24, 2.45) is 5.73 Å². The first kappa shape index (κ1) is 19.0. The molecule has 154 valence electrons. The van der Waals surface area contributed by atoms with Gasteiger partial charge in [0, 0.05) is 30.1 Å². The van der Waals surface area contributed by atoms with E-state index < -0.39 is 0 Å². The van der Waals surface area contributed by atoms with Crippen molar-refractivity contribution in [1.82, 2.24) is 34.7 Å². The molecule has 9 heteroatoms. The molecule has 0 aliphatic carbocycles. The number of aryl methyl sites for hydroxylation is 1. The van der Waals surface area contributed by atoms with Gasteiger partial charge in [-0.3, -0.25) is 9.67 Å².